The van der Waals surface area contributed by atoms with Crippen molar-refractivity contribution in [1.29, 1.82) is 0 Å². The third-order valence-corrected chi connectivity index (χ3v) is 7.85. The van der Waals surface area contributed by atoms with Crippen LogP contribution in [0.4, 0.5) is 5.69 Å². The molecule has 4 rings (SSSR count). The monoisotopic (exact) mass is 521 g/mol. The number of hydrogen-bond donors (Lipinski definition) is 2. The lowest BCUT2D eigenvalue weighted by Gasteiger charge is -2.20. The molecule has 9 heteroatoms. The summed E-state index contributed by atoms with van der Waals surface area (Å²) in [6, 6.07) is 20.3. The molecular weight excluding hydrogens is 490 g/mol. The Morgan fingerprint density at radius 3 is 2.41 bits per heavy atom. The van der Waals surface area contributed by atoms with Crippen LogP contribution in [-0.4, -0.2) is 39.9 Å². The molecule has 0 saturated carbocycles. The van der Waals surface area contributed by atoms with Crippen molar-refractivity contribution in [3.05, 3.63) is 89.5 Å². The molecule has 3 aromatic rings. The lowest BCUT2D eigenvalue weighted by molar-refractivity contribution is -0.123. The molecule has 1 heterocycles. The molecule has 37 heavy (non-hydrogen) atoms. The third kappa shape index (κ3) is 6.36. The smallest absolute Gasteiger partial charge is 0.241 e. The van der Waals surface area contributed by atoms with Gasteiger partial charge in [-0.1, -0.05) is 49.4 Å². The Morgan fingerprint density at radius 1 is 1.00 bits per heavy atom. The van der Waals surface area contributed by atoms with Crippen molar-refractivity contribution >= 4 is 27.5 Å². The summed E-state index contributed by atoms with van der Waals surface area (Å²) in [6.45, 7) is 2.58. The summed E-state index contributed by atoms with van der Waals surface area (Å²) in [7, 11) is -2.43. The number of nitrogens with one attached hydrogen (secondary N) is 2. The van der Waals surface area contributed by atoms with Gasteiger partial charge in [-0.25, -0.2) is 8.42 Å². The van der Waals surface area contributed by atoms with E-state index in [1.165, 1.54) is 6.07 Å². The van der Waals surface area contributed by atoms with Gasteiger partial charge < -0.3 is 15.0 Å². The zero-order valence-corrected chi connectivity index (χ0v) is 21.8. The van der Waals surface area contributed by atoms with Crippen LogP contribution < -0.4 is 19.7 Å². The summed E-state index contributed by atoms with van der Waals surface area (Å²) >= 11 is 0. The van der Waals surface area contributed by atoms with Gasteiger partial charge in [0, 0.05) is 25.2 Å². The predicted octanol–water partition coefficient (Wildman–Crippen LogP) is 3.20. The zero-order valence-electron chi connectivity index (χ0n) is 20.9. The number of hydrogen-bond acceptors (Lipinski definition) is 5. The number of ether oxygens (including phenoxy) is 1. The average Bonchev–Trinajstić information content (AvgIpc) is 3.35. The molecule has 194 valence electrons. The highest BCUT2D eigenvalue weighted by Crippen LogP contribution is 2.30. The van der Waals surface area contributed by atoms with Crippen molar-refractivity contribution in [3.8, 4) is 5.75 Å². The van der Waals surface area contributed by atoms with Gasteiger partial charge in [0.25, 0.3) is 0 Å². The molecule has 1 aliphatic heterocycles. The maximum atomic E-state index is 13.4. The van der Waals surface area contributed by atoms with Crippen LogP contribution in [0.1, 0.15) is 30.0 Å². The van der Waals surface area contributed by atoms with E-state index in [2.05, 4.69) is 10.0 Å². The number of sulfonamides is 1. The van der Waals surface area contributed by atoms with Gasteiger partial charge in [-0.3, -0.25) is 9.59 Å². The van der Waals surface area contributed by atoms with E-state index in [9.17, 15) is 18.0 Å². The van der Waals surface area contributed by atoms with Crippen LogP contribution in [-0.2, 0) is 39.0 Å². The third-order valence-electron chi connectivity index (χ3n) is 6.38. The molecule has 0 bridgehead atoms. The van der Waals surface area contributed by atoms with Crippen molar-refractivity contribution in [2.45, 2.75) is 43.7 Å². The first kappa shape index (κ1) is 26.4. The summed E-state index contributed by atoms with van der Waals surface area (Å²) in [5.41, 5.74) is 3.23. The second kappa shape index (κ2) is 11.6. The van der Waals surface area contributed by atoms with Gasteiger partial charge in [0.05, 0.1) is 12.0 Å². The molecule has 0 aliphatic carbocycles. The van der Waals surface area contributed by atoms with Crippen LogP contribution in [0.5, 0.6) is 5.75 Å². The van der Waals surface area contributed by atoms with Crippen LogP contribution in [0.3, 0.4) is 0 Å². The van der Waals surface area contributed by atoms with E-state index in [-0.39, 0.29) is 23.8 Å². The van der Waals surface area contributed by atoms with Gasteiger partial charge in [-0.2, -0.15) is 4.72 Å². The van der Waals surface area contributed by atoms with Gasteiger partial charge in [0.2, 0.25) is 21.8 Å². The highest BCUT2D eigenvalue weighted by atomic mass is 32.2. The molecule has 1 aliphatic rings. The zero-order chi connectivity index (χ0) is 26.4. The van der Waals surface area contributed by atoms with E-state index in [1.807, 2.05) is 42.5 Å². The Morgan fingerprint density at radius 2 is 1.73 bits per heavy atom. The number of methoxy groups -OCH3 is 1. The van der Waals surface area contributed by atoms with Crippen molar-refractivity contribution in [2.75, 3.05) is 18.6 Å². The summed E-state index contributed by atoms with van der Waals surface area (Å²) in [4.78, 5) is 27.1. The molecule has 0 saturated heterocycles. The Labute approximate surface area is 217 Å². The van der Waals surface area contributed by atoms with Crippen molar-refractivity contribution in [3.63, 3.8) is 0 Å². The second-order valence-corrected chi connectivity index (χ2v) is 10.6. The topological polar surface area (TPSA) is 105 Å². The number of amides is 2. The van der Waals surface area contributed by atoms with Crippen LogP contribution in [0.25, 0.3) is 0 Å². The van der Waals surface area contributed by atoms with Crippen LogP contribution >= 0.6 is 0 Å². The Kier molecular flexibility index (Phi) is 8.25. The number of nitrogens with zero attached hydrogens (tertiary/aromatic N) is 1. The number of carbonyl (C=O) groups is 2. The maximum absolute atomic E-state index is 13.4. The fourth-order valence-electron chi connectivity index (χ4n) is 4.34. The van der Waals surface area contributed by atoms with E-state index in [4.69, 9.17) is 4.74 Å². The van der Waals surface area contributed by atoms with Crippen molar-refractivity contribution in [1.82, 2.24) is 10.0 Å². The second-order valence-electron chi connectivity index (χ2n) is 8.87. The molecule has 1 atom stereocenters. The van der Waals surface area contributed by atoms with E-state index in [0.717, 1.165) is 22.4 Å². The quantitative estimate of drug-likeness (QED) is 0.426. The van der Waals surface area contributed by atoms with Gasteiger partial charge in [0.1, 0.15) is 11.8 Å². The lowest BCUT2D eigenvalue weighted by atomic mass is 10.1. The highest BCUT2D eigenvalue weighted by Gasteiger charge is 2.29. The molecule has 0 aromatic heterocycles. The lowest BCUT2D eigenvalue weighted by Crippen LogP contribution is -2.47. The SMILES string of the molecule is CCC(=O)N1CCc2cc(S(=O)(=O)N[C@@H](Cc3ccccc3)C(=O)NCc3ccc(OC)cc3)ccc21. The van der Waals surface area contributed by atoms with E-state index in [0.29, 0.717) is 25.1 Å². The molecular formula is C28H31N3O5S. The standard InChI is InChI=1S/C28H31N3O5S/c1-3-27(32)31-16-15-22-18-24(13-14-26(22)31)37(34,35)30-25(17-20-7-5-4-6-8-20)28(33)29-19-21-9-11-23(36-2)12-10-21/h4-14,18,25,30H,3,15-17,19H2,1-2H3,(H,29,33)/t25-/m0/s1. The van der Waals surface area contributed by atoms with Gasteiger partial charge >= 0.3 is 0 Å². The normalized spacial score (nSPS) is 13.6. The average molecular weight is 522 g/mol. The first-order chi connectivity index (χ1) is 17.8. The number of anilines is 1. The van der Waals surface area contributed by atoms with Crippen molar-refractivity contribution < 1.29 is 22.7 Å². The van der Waals surface area contributed by atoms with Crippen LogP contribution in [0, 0.1) is 0 Å². The minimum absolute atomic E-state index is 0.00365. The van der Waals surface area contributed by atoms with Gasteiger partial charge in [-0.15, -0.1) is 0 Å². The summed E-state index contributed by atoms with van der Waals surface area (Å²) in [5.74, 6) is 0.286. The summed E-state index contributed by atoms with van der Waals surface area (Å²) < 4.78 is 34.5. The van der Waals surface area contributed by atoms with E-state index in [1.54, 1.807) is 43.2 Å². The number of rotatable bonds is 10. The Balaban J connectivity index is 1.52. The van der Waals surface area contributed by atoms with E-state index >= 15 is 0 Å². The first-order valence-corrected chi connectivity index (χ1v) is 13.7. The highest BCUT2D eigenvalue weighted by molar-refractivity contribution is 7.89. The van der Waals surface area contributed by atoms with Crippen LogP contribution in [0.2, 0.25) is 0 Å². The van der Waals surface area contributed by atoms with Gasteiger partial charge in [0.15, 0.2) is 0 Å². The number of benzene rings is 3. The summed E-state index contributed by atoms with van der Waals surface area (Å²) in [6.07, 6.45) is 1.16. The Hall–Kier alpha value is -3.69. The Bertz CT molecular complexity index is 1360. The fourth-order valence-corrected chi connectivity index (χ4v) is 5.59. The molecule has 8 nitrogen and oxygen atoms in total. The largest absolute Gasteiger partial charge is 0.497 e. The van der Waals surface area contributed by atoms with E-state index < -0.39 is 22.0 Å². The predicted molar refractivity (Wildman–Crippen MR) is 142 cm³/mol. The van der Waals surface area contributed by atoms with Crippen molar-refractivity contribution in [2.24, 2.45) is 0 Å². The molecule has 0 fully saturated rings. The summed E-state index contributed by atoms with van der Waals surface area (Å²) in [5, 5.41) is 2.85. The molecule has 2 N–H and O–H groups in total. The number of fused-ring (bicyclic) bond motifs is 1. The number of carbonyl (C=O) groups excluding carboxylic acids is 2. The minimum Gasteiger partial charge on any atom is -0.497 e. The molecule has 0 radical (unpaired) electrons. The molecule has 3 aromatic carbocycles. The fraction of sp³-hybridized carbons (Fsp3) is 0.286. The van der Waals surface area contributed by atoms with Crippen LogP contribution in [0.15, 0.2) is 77.7 Å². The minimum atomic E-state index is -4.01. The molecule has 0 unspecified atom stereocenters. The maximum Gasteiger partial charge on any atom is 0.241 e. The first-order valence-electron chi connectivity index (χ1n) is 12.2. The molecule has 0 spiro atoms. The van der Waals surface area contributed by atoms with Gasteiger partial charge in [-0.05, 0) is 59.9 Å². The molecule has 2 amide bonds.